The van der Waals surface area contributed by atoms with Gasteiger partial charge >= 0.3 is 0 Å². The molecule has 2 aromatic rings. The van der Waals surface area contributed by atoms with Crippen molar-refractivity contribution in [2.45, 2.75) is 26.8 Å². The molecule has 2 rings (SSSR count). The van der Waals surface area contributed by atoms with Crippen molar-refractivity contribution in [3.05, 3.63) is 58.3 Å². The number of carbonyl (C=O) groups is 1. The van der Waals surface area contributed by atoms with Crippen molar-refractivity contribution >= 4 is 21.8 Å². The van der Waals surface area contributed by atoms with Gasteiger partial charge in [0.05, 0.1) is 12.2 Å². The van der Waals surface area contributed by atoms with Crippen LogP contribution in [0.3, 0.4) is 0 Å². The third kappa shape index (κ3) is 5.67. The minimum atomic E-state index is -0.158. The van der Waals surface area contributed by atoms with Crippen molar-refractivity contribution in [3.8, 4) is 5.75 Å². The fourth-order valence-electron chi connectivity index (χ4n) is 1.99. The molecule has 122 valence electrons. The molecule has 4 nitrogen and oxygen atoms in total. The highest BCUT2D eigenvalue weighted by Crippen LogP contribution is 2.24. The Bertz CT molecular complexity index is 645. The Morgan fingerprint density at radius 3 is 2.87 bits per heavy atom. The van der Waals surface area contributed by atoms with E-state index in [1.54, 1.807) is 18.5 Å². The van der Waals surface area contributed by atoms with Crippen LogP contribution in [-0.4, -0.2) is 17.5 Å². The van der Waals surface area contributed by atoms with E-state index in [9.17, 15) is 4.79 Å². The van der Waals surface area contributed by atoms with Gasteiger partial charge in [-0.25, -0.2) is 0 Å². The van der Waals surface area contributed by atoms with Gasteiger partial charge in [0.1, 0.15) is 5.75 Å². The number of amides is 1. The number of pyridine rings is 1. The molecule has 1 aromatic carbocycles. The molecule has 1 aromatic heterocycles. The zero-order valence-electron chi connectivity index (χ0n) is 13.4. The SMILES string of the molecule is CC(C)CCOc1ccc(Br)cc1C(=O)NCc1cccnc1. The van der Waals surface area contributed by atoms with E-state index in [0.717, 1.165) is 16.5 Å². The molecule has 1 N–H and O–H groups in total. The first-order valence-corrected chi connectivity index (χ1v) is 8.45. The van der Waals surface area contributed by atoms with Crippen LogP contribution in [0, 0.1) is 5.92 Å². The summed E-state index contributed by atoms with van der Waals surface area (Å²) in [6.07, 6.45) is 4.40. The predicted octanol–water partition coefficient (Wildman–Crippen LogP) is 4.20. The van der Waals surface area contributed by atoms with Crippen LogP contribution in [0.25, 0.3) is 0 Å². The first-order valence-electron chi connectivity index (χ1n) is 7.65. The van der Waals surface area contributed by atoms with Crippen LogP contribution in [0.4, 0.5) is 0 Å². The summed E-state index contributed by atoms with van der Waals surface area (Å²) in [5.74, 6) is 1.01. The van der Waals surface area contributed by atoms with Crippen LogP contribution in [0.2, 0.25) is 0 Å². The minimum Gasteiger partial charge on any atom is -0.493 e. The number of carbonyl (C=O) groups excluding carboxylic acids is 1. The third-order valence-corrected chi connectivity index (χ3v) is 3.81. The quantitative estimate of drug-likeness (QED) is 0.787. The number of benzene rings is 1. The smallest absolute Gasteiger partial charge is 0.255 e. The van der Waals surface area contributed by atoms with E-state index in [1.165, 1.54) is 0 Å². The number of aromatic nitrogens is 1. The summed E-state index contributed by atoms with van der Waals surface area (Å²) < 4.78 is 6.63. The molecule has 0 bridgehead atoms. The highest BCUT2D eigenvalue weighted by Gasteiger charge is 2.13. The van der Waals surface area contributed by atoms with E-state index in [0.29, 0.717) is 30.4 Å². The van der Waals surface area contributed by atoms with Crippen LogP contribution in [0.5, 0.6) is 5.75 Å². The fourth-order valence-corrected chi connectivity index (χ4v) is 2.35. The number of hydrogen-bond acceptors (Lipinski definition) is 3. The monoisotopic (exact) mass is 376 g/mol. The Balaban J connectivity index is 2.04. The van der Waals surface area contributed by atoms with Crippen molar-refractivity contribution in [2.75, 3.05) is 6.61 Å². The lowest BCUT2D eigenvalue weighted by Gasteiger charge is -2.13. The van der Waals surface area contributed by atoms with Gasteiger partial charge in [-0.15, -0.1) is 0 Å². The Labute approximate surface area is 145 Å². The Hall–Kier alpha value is -1.88. The number of hydrogen-bond donors (Lipinski definition) is 1. The van der Waals surface area contributed by atoms with E-state index in [2.05, 4.69) is 40.1 Å². The van der Waals surface area contributed by atoms with E-state index >= 15 is 0 Å². The summed E-state index contributed by atoms with van der Waals surface area (Å²) >= 11 is 3.41. The Morgan fingerprint density at radius 1 is 1.35 bits per heavy atom. The second-order valence-electron chi connectivity index (χ2n) is 5.72. The lowest BCUT2D eigenvalue weighted by Crippen LogP contribution is -2.23. The maximum absolute atomic E-state index is 12.5. The van der Waals surface area contributed by atoms with Gasteiger partial charge in [-0.2, -0.15) is 0 Å². The van der Waals surface area contributed by atoms with Gasteiger partial charge in [0, 0.05) is 23.4 Å². The molecule has 0 unspecified atom stereocenters. The van der Waals surface area contributed by atoms with Gasteiger partial charge in [0.2, 0.25) is 0 Å². The molecule has 0 aliphatic heterocycles. The highest BCUT2D eigenvalue weighted by atomic mass is 79.9. The average Bonchev–Trinajstić information content (AvgIpc) is 2.54. The second kappa shape index (κ2) is 8.67. The summed E-state index contributed by atoms with van der Waals surface area (Å²) in [4.78, 5) is 16.5. The molecule has 0 spiro atoms. The first kappa shape index (κ1) is 17.5. The molecule has 0 saturated heterocycles. The standard InChI is InChI=1S/C18H21BrN2O2/c1-13(2)7-9-23-17-6-5-15(19)10-16(17)18(22)21-12-14-4-3-8-20-11-14/h3-6,8,10-11,13H,7,9,12H2,1-2H3,(H,21,22). The van der Waals surface area contributed by atoms with Gasteiger partial charge < -0.3 is 10.1 Å². The second-order valence-corrected chi connectivity index (χ2v) is 6.63. The lowest BCUT2D eigenvalue weighted by atomic mass is 10.1. The lowest BCUT2D eigenvalue weighted by molar-refractivity contribution is 0.0946. The molecule has 0 aliphatic rings. The van der Waals surface area contributed by atoms with Crippen LogP contribution in [0.1, 0.15) is 36.2 Å². The molecule has 0 saturated carbocycles. The largest absolute Gasteiger partial charge is 0.493 e. The van der Waals surface area contributed by atoms with Gasteiger partial charge in [0.15, 0.2) is 0 Å². The molecule has 0 atom stereocenters. The average molecular weight is 377 g/mol. The van der Waals surface area contributed by atoms with E-state index in [-0.39, 0.29) is 5.91 Å². The topological polar surface area (TPSA) is 51.2 Å². The third-order valence-electron chi connectivity index (χ3n) is 3.31. The number of nitrogens with zero attached hydrogens (tertiary/aromatic N) is 1. The molecule has 1 amide bonds. The van der Waals surface area contributed by atoms with Crippen molar-refractivity contribution in [2.24, 2.45) is 5.92 Å². The molecule has 0 radical (unpaired) electrons. The molecule has 0 aliphatic carbocycles. The van der Waals surface area contributed by atoms with E-state index in [1.807, 2.05) is 24.3 Å². The molecule has 0 fully saturated rings. The molecular formula is C18H21BrN2O2. The summed E-state index contributed by atoms with van der Waals surface area (Å²) in [5.41, 5.74) is 1.49. The van der Waals surface area contributed by atoms with Crippen LogP contribution >= 0.6 is 15.9 Å². The van der Waals surface area contributed by atoms with Gasteiger partial charge in [-0.05, 0) is 42.2 Å². The van der Waals surface area contributed by atoms with E-state index in [4.69, 9.17) is 4.74 Å². The number of halogens is 1. The molecule has 5 heteroatoms. The zero-order valence-corrected chi connectivity index (χ0v) is 15.0. The van der Waals surface area contributed by atoms with Gasteiger partial charge in [-0.3, -0.25) is 9.78 Å². The van der Waals surface area contributed by atoms with Crippen LogP contribution < -0.4 is 10.1 Å². The first-order chi connectivity index (χ1) is 11.1. The van der Waals surface area contributed by atoms with Crippen molar-refractivity contribution in [1.29, 1.82) is 0 Å². The summed E-state index contributed by atoms with van der Waals surface area (Å²) in [7, 11) is 0. The number of rotatable bonds is 7. The van der Waals surface area contributed by atoms with Crippen LogP contribution in [0.15, 0.2) is 47.2 Å². The fraction of sp³-hybridized carbons (Fsp3) is 0.333. The van der Waals surface area contributed by atoms with Crippen LogP contribution in [-0.2, 0) is 6.54 Å². The summed E-state index contributed by atoms with van der Waals surface area (Å²) in [6, 6.07) is 9.25. The normalized spacial score (nSPS) is 10.6. The predicted molar refractivity (Wildman–Crippen MR) is 94.5 cm³/mol. The van der Waals surface area contributed by atoms with Crippen molar-refractivity contribution in [1.82, 2.24) is 10.3 Å². The molecular weight excluding hydrogens is 356 g/mol. The van der Waals surface area contributed by atoms with Gasteiger partial charge in [-0.1, -0.05) is 35.8 Å². The zero-order chi connectivity index (χ0) is 16.7. The van der Waals surface area contributed by atoms with Crippen molar-refractivity contribution < 1.29 is 9.53 Å². The Kier molecular flexibility index (Phi) is 6.59. The molecule has 1 heterocycles. The highest BCUT2D eigenvalue weighted by molar-refractivity contribution is 9.10. The van der Waals surface area contributed by atoms with E-state index < -0.39 is 0 Å². The number of ether oxygens (including phenoxy) is 1. The number of nitrogens with one attached hydrogen (secondary N) is 1. The molecule has 23 heavy (non-hydrogen) atoms. The summed E-state index contributed by atoms with van der Waals surface area (Å²) in [5, 5.41) is 2.90. The Morgan fingerprint density at radius 2 is 2.17 bits per heavy atom. The van der Waals surface area contributed by atoms with Crippen molar-refractivity contribution in [3.63, 3.8) is 0 Å². The minimum absolute atomic E-state index is 0.158. The van der Waals surface area contributed by atoms with Gasteiger partial charge in [0.25, 0.3) is 5.91 Å². The maximum atomic E-state index is 12.5. The summed E-state index contributed by atoms with van der Waals surface area (Å²) in [6.45, 7) is 5.33. The maximum Gasteiger partial charge on any atom is 0.255 e.